The van der Waals surface area contributed by atoms with Gasteiger partial charge in [0.1, 0.15) is 0 Å². The van der Waals surface area contributed by atoms with E-state index in [0.29, 0.717) is 5.56 Å². The van der Waals surface area contributed by atoms with Crippen molar-refractivity contribution in [3.63, 3.8) is 0 Å². The van der Waals surface area contributed by atoms with E-state index in [9.17, 15) is 9.59 Å². The number of nitrogens with zero attached hydrogens (tertiary/aromatic N) is 2. The SMILES string of the molecule is CN1C(=O)C[C@@H](NC(=O)c2cccc3cc[nH]c23)[C@@H]1c1cccnc1. The van der Waals surface area contributed by atoms with Crippen molar-refractivity contribution in [2.24, 2.45) is 0 Å². The number of hydrogen-bond acceptors (Lipinski definition) is 3. The average molecular weight is 334 g/mol. The average Bonchev–Trinajstić information content (AvgIpc) is 3.20. The molecule has 0 aliphatic carbocycles. The fraction of sp³-hybridized carbons (Fsp3) is 0.211. The van der Waals surface area contributed by atoms with Crippen molar-refractivity contribution < 1.29 is 9.59 Å². The number of amides is 2. The van der Waals surface area contributed by atoms with E-state index in [2.05, 4.69) is 15.3 Å². The molecular formula is C19H18N4O2. The van der Waals surface area contributed by atoms with E-state index in [1.807, 2.05) is 36.5 Å². The zero-order valence-electron chi connectivity index (χ0n) is 13.8. The molecule has 6 nitrogen and oxygen atoms in total. The number of fused-ring (bicyclic) bond motifs is 1. The zero-order valence-corrected chi connectivity index (χ0v) is 13.8. The topological polar surface area (TPSA) is 78.1 Å². The van der Waals surface area contributed by atoms with Gasteiger partial charge in [-0.2, -0.15) is 0 Å². The van der Waals surface area contributed by atoms with Crippen molar-refractivity contribution in [2.75, 3.05) is 7.05 Å². The number of nitrogens with one attached hydrogen (secondary N) is 2. The molecule has 2 atom stereocenters. The summed E-state index contributed by atoms with van der Waals surface area (Å²) in [6.07, 6.45) is 5.53. The van der Waals surface area contributed by atoms with Crippen molar-refractivity contribution in [1.82, 2.24) is 20.2 Å². The number of benzene rings is 1. The molecule has 3 heterocycles. The summed E-state index contributed by atoms with van der Waals surface area (Å²) in [7, 11) is 1.76. The third-order valence-corrected chi connectivity index (χ3v) is 4.76. The fourth-order valence-electron chi connectivity index (χ4n) is 3.53. The van der Waals surface area contributed by atoms with Crippen LogP contribution in [0.2, 0.25) is 0 Å². The molecule has 1 aliphatic rings. The summed E-state index contributed by atoms with van der Waals surface area (Å²) in [4.78, 5) is 34.0. The Hall–Kier alpha value is -3.15. The Morgan fingerprint density at radius 2 is 2.16 bits per heavy atom. The van der Waals surface area contributed by atoms with Gasteiger partial charge in [-0.1, -0.05) is 18.2 Å². The number of rotatable bonds is 3. The quantitative estimate of drug-likeness (QED) is 0.771. The summed E-state index contributed by atoms with van der Waals surface area (Å²) < 4.78 is 0. The van der Waals surface area contributed by atoms with Crippen molar-refractivity contribution in [1.29, 1.82) is 0 Å². The Bertz CT molecular complexity index is 935. The molecule has 1 aliphatic heterocycles. The molecule has 1 fully saturated rings. The van der Waals surface area contributed by atoms with Crippen molar-refractivity contribution in [3.8, 4) is 0 Å². The highest BCUT2D eigenvalue weighted by Gasteiger charge is 2.39. The minimum atomic E-state index is -0.292. The van der Waals surface area contributed by atoms with Gasteiger partial charge in [0.2, 0.25) is 5.91 Å². The van der Waals surface area contributed by atoms with Gasteiger partial charge in [0, 0.05) is 37.4 Å². The molecule has 4 rings (SSSR count). The lowest BCUT2D eigenvalue weighted by atomic mass is 10.0. The number of H-pyrrole nitrogens is 1. The summed E-state index contributed by atoms with van der Waals surface area (Å²) in [5, 5.41) is 4.02. The summed E-state index contributed by atoms with van der Waals surface area (Å²) >= 11 is 0. The lowest BCUT2D eigenvalue weighted by Crippen LogP contribution is -2.39. The molecule has 0 bridgehead atoms. The molecule has 0 saturated carbocycles. The van der Waals surface area contributed by atoms with Gasteiger partial charge in [-0.15, -0.1) is 0 Å². The summed E-state index contributed by atoms with van der Waals surface area (Å²) in [5.74, 6) is -0.174. The maximum absolute atomic E-state index is 12.8. The fourth-order valence-corrected chi connectivity index (χ4v) is 3.53. The van der Waals surface area contributed by atoms with Gasteiger partial charge in [0.05, 0.1) is 23.2 Å². The Labute approximate surface area is 144 Å². The van der Waals surface area contributed by atoms with Crippen molar-refractivity contribution in [3.05, 3.63) is 66.1 Å². The predicted molar refractivity (Wildman–Crippen MR) is 93.9 cm³/mol. The molecule has 25 heavy (non-hydrogen) atoms. The minimum absolute atomic E-state index is 0.0113. The highest BCUT2D eigenvalue weighted by molar-refractivity contribution is 6.06. The van der Waals surface area contributed by atoms with E-state index < -0.39 is 0 Å². The molecule has 0 spiro atoms. The predicted octanol–water partition coefficient (Wildman–Crippen LogP) is 2.26. The second-order valence-electron chi connectivity index (χ2n) is 6.27. The second-order valence-corrected chi connectivity index (χ2v) is 6.27. The van der Waals surface area contributed by atoms with Crippen molar-refractivity contribution in [2.45, 2.75) is 18.5 Å². The van der Waals surface area contributed by atoms with E-state index in [1.165, 1.54) is 0 Å². The standard InChI is InChI=1S/C19H18N4O2/c1-23-16(24)10-15(18(23)13-5-3-8-20-11-13)22-19(25)14-6-2-4-12-7-9-21-17(12)14/h2-9,11,15,18,21H,10H2,1H3,(H,22,25)/t15-,18+/m1/s1. The first-order chi connectivity index (χ1) is 12.1. The Morgan fingerprint density at radius 3 is 2.96 bits per heavy atom. The largest absolute Gasteiger partial charge is 0.361 e. The monoisotopic (exact) mass is 334 g/mol. The van der Waals surface area contributed by atoms with Gasteiger partial charge in [-0.3, -0.25) is 14.6 Å². The van der Waals surface area contributed by atoms with Gasteiger partial charge >= 0.3 is 0 Å². The number of aromatic amines is 1. The van der Waals surface area contributed by atoms with E-state index in [1.54, 1.807) is 30.4 Å². The molecule has 1 saturated heterocycles. The van der Waals surface area contributed by atoms with Crippen LogP contribution < -0.4 is 5.32 Å². The van der Waals surface area contributed by atoms with Crippen LogP contribution in [0.3, 0.4) is 0 Å². The maximum atomic E-state index is 12.8. The van der Waals surface area contributed by atoms with Crippen LogP contribution in [0.25, 0.3) is 10.9 Å². The first-order valence-electron chi connectivity index (χ1n) is 8.17. The number of likely N-dealkylation sites (tertiary alicyclic amines) is 1. The molecule has 2 amide bonds. The highest BCUT2D eigenvalue weighted by Crippen LogP contribution is 2.31. The molecule has 1 aromatic carbocycles. The Kier molecular flexibility index (Phi) is 3.72. The number of carbonyl (C=O) groups is 2. The highest BCUT2D eigenvalue weighted by atomic mass is 16.2. The number of carbonyl (C=O) groups excluding carboxylic acids is 2. The van der Waals surface area contributed by atoms with E-state index >= 15 is 0 Å². The van der Waals surface area contributed by atoms with Gasteiger partial charge in [0.25, 0.3) is 5.91 Å². The Morgan fingerprint density at radius 1 is 1.28 bits per heavy atom. The minimum Gasteiger partial charge on any atom is -0.361 e. The number of hydrogen-bond donors (Lipinski definition) is 2. The van der Waals surface area contributed by atoms with Crippen LogP contribution in [0.5, 0.6) is 0 Å². The van der Waals surface area contributed by atoms with Gasteiger partial charge in [0.15, 0.2) is 0 Å². The van der Waals surface area contributed by atoms with Crippen LogP contribution >= 0.6 is 0 Å². The Balaban J connectivity index is 1.63. The molecule has 2 aromatic heterocycles. The molecular weight excluding hydrogens is 316 g/mol. The second kappa shape index (κ2) is 6.05. The van der Waals surface area contributed by atoms with Crippen molar-refractivity contribution >= 4 is 22.7 Å². The summed E-state index contributed by atoms with van der Waals surface area (Å²) in [6.45, 7) is 0. The number of aromatic nitrogens is 2. The first-order valence-corrected chi connectivity index (χ1v) is 8.17. The lowest BCUT2D eigenvalue weighted by Gasteiger charge is -2.25. The van der Waals surface area contributed by atoms with Gasteiger partial charge in [-0.25, -0.2) is 0 Å². The third-order valence-electron chi connectivity index (χ3n) is 4.76. The van der Waals surface area contributed by atoms with E-state index in [0.717, 1.165) is 16.5 Å². The molecule has 0 unspecified atom stereocenters. The summed E-state index contributed by atoms with van der Waals surface area (Å²) in [6, 6.07) is 10.8. The third kappa shape index (κ3) is 2.65. The summed E-state index contributed by atoms with van der Waals surface area (Å²) in [5.41, 5.74) is 2.30. The van der Waals surface area contributed by atoms with E-state index in [-0.39, 0.29) is 30.3 Å². The maximum Gasteiger partial charge on any atom is 0.253 e. The molecule has 126 valence electrons. The smallest absolute Gasteiger partial charge is 0.253 e. The van der Waals surface area contributed by atoms with Crippen LogP contribution in [0.15, 0.2) is 55.0 Å². The van der Waals surface area contributed by atoms with Crippen LogP contribution in [0, 0.1) is 0 Å². The number of likely N-dealkylation sites (N-methyl/N-ethyl adjacent to an activating group) is 1. The molecule has 2 N–H and O–H groups in total. The van der Waals surface area contributed by atoms with Crippen LogP contribution in [0.4, 0.5) is 0 Å². The van der Waals surface area contributed by atoms with Crippen LogP contribution in [-0.4, -0.2) is 39.8 Å². The molecule has 6 heteroatoms. The lowest BCUT2D eigenvalue weighted by molar-refractivity contribution is -0.127. The van der Waals surface area contributed by atoms with Gasteiger partial charge < -0.3 is 15.2 Å². The zero-order chi connectivity index (χ0) is 17.4. The van der Waals surface area contributed by atoms with Crippen LogP contribution in [0.1, 0.15) is 28.4 Å². The van der Waals surface area contributed by atoms with E-state index in [4.69, 9.17) is 0 Å². The molecule has 3 aromatic rings. The molecule has 0 radical (unpaired) electrons. The van der Waals surface area contributed by atoms with Gasteiger partial charge in [-0.05, 0) is 23.8 Å². The van der Waals surface area contributed by atoms with Crippen LogP contribution in [-0.2, 0) is 4.79 Å². The normalized spacial score (nSPS) is 20.2. The first kappa shape index (κ1) is 15.4. The number of para-hydroxylation sites is 1. The number of pyridine rings is 1.